The van der Waals surface area contributed by atoms with Crippen LogP contribution in [0.4, 0.5) is 4.39 Å². The van der Waals surface area contributed by atoms with Crippen molar-refractivity contribution in [1.29, 1.82) is 0 Å². The van der Waals surface area contributed by atoms with Crippen molar-refractivity contribution >= 4 is 0 Å². The third-order valence-corrected chi connectivity index (χ3v) is 3.38. The summed E-state index contributed by atoms with van der Waals surface area (Å²) in [5.74, 6) is 1.16. The maximum atomic E-state index is 13.2. The predicted molar refractivity (Wildman–Crippen MR) is 60.5 cm³/mol. The molecule has 0 aromatic heterocycles. The van der Waals surface area contributed by atoms with Crippen LogP contribution >= 0.6 is 0 Å². The molecule has 2 rings (SSSR count). The van der Waals surface area contributed by atoms with Crippen LogP contribution in [-0.4, -0.2) is 13.6 Å². The molecular weight excluding hydrogens is 189 g/mol. The van der Waals surface area contributed by atoms with Gasteiger partial charge < -0.3 is 5.32 Å². The molecule has 82 valence electrons. The largest absolute Gasteiger partial charge is 0.319 e. The zero-order chi connectivity index (χ0) is 10.8. The Labute approximate surface area is 90.7 Å². The lowest BCUT2D eigenvalue weighted by atomic mass is 9.70. The second-order valence-corrected chi connectivity index (χ2v) is 4.56. The Morgan fingerprint density at radius 3 is 2.67 bits per heavy atom. The molecule has 1 aromatic rings. The van der Waals surface area contributed by atoms with Crippen molar-refractivity contribution in [3.63, 3.8) is 0 Å². The standard InChI is InChI=1S/C13H18FN/c1-9-5-11(7-12(14)6-9)13-4-3-10(13)8-15-2/h5-7,10,13,15H,3-4,8H2,1-2H3. The van der Waals surface area contributed by atoms with Crippen LogP contribution in [-0.2, 0) is 0 Å². The molecular formula is C13H18FN. The highest BCUT2D eigenvalue weighted by atomic mass is 19.1. The second-order valence-electron chi connectivity index (χ2n) is 4.56. The topological polar surface area (TPSA) is 12.0 Å². The molecule has 0 amide bonds. The maximum Gasteiger partial charge on any atom is 0.123 e. The summed E-state index contributed by atoms with van der Waals surface area (Å²) in [6, 6.07) is 5.41. The summed E-state index contributed by atoms with van der Waals surface area (Å²) in [6.45, 7) is 3.00. The Hall–Kier alpha value is -0.890. The number of halogens is 1. The molecule has 1 fully saturated rings. The summed E-state index contributed by atoms with van der Waals surface area (Å²) in [5.41, 5.74) is 2.21. The van der Waals surface area contributed by atoms with E-state index >= 15 is 0 Å². The van der Waals surface area contributed by atoms with Gasteiger partial charge in [-0.3, -0.25) is 0 Å². The third-order valence-electron chi connectivity index (χ3n) is 3.38. The third kappa shape index (κ3) is 2.20. The summed E-state index contributed by atoms with van der Waals surface area (Å²) >= 11 is 0. The Morgan fingerprint density at radius 1 is 1.33 bits per heavy atom. The van der Waals surface area contributed by atoms with E-state index < -0.39 is 0 Å². The van der Waals surface area contributed by atoms with Gasteiger partial charge in [0.25, 0.3) is 0 Å². The summed E-state index contributed by atoms with van der Waals surface area (Å²) in [7, 11) is 1.98. The first-order valence-electron chi connectivity index (χ1n) is 5.62. The highest BCUT2D eigenvalue weighted by Gasteiger charge is 2.31. The number of aryl methyl sites for hydroxylation is 1. The van der Waals surface area contributed by atoms with Crippen molar-refractivity contribution in [1.82, 2.24) is 5.32 Å². The van der Waals surface area contributed by atoms with Crippen LogP contribution in [0.3, 0.4) is 0 Å². The predicted octanol–water partition coefficient (Wildman–Crippen LogP) is 2.85. The fourth-order valence-electron chi connectivity index (χ4n) is 2.49. The maximum absolute atomic E-state index is 13.2. The van der Waals surface area contributed by atoms with E-state index in [-0.39, 0.29) is 5.82 Å². The smallest absolute Gasteiger partial charge is 0.123 e. The van der Waals surface area contributed by atoms with E-state index in [0.29, 0.717) is 11.8 Å². The van der Waals surface area contributed by atoms with Gasteiger partial charge in [0.1, 0.15) is 5.82 Å². The Morgan fingerprint density at radius 2 is 2.13 bits per heavy atom. The number of benzene rings is 1. The molecule has 0 aliphatic heterocycles. The number of nitrogens with one attached hydrogen (secondary N) is 1. The second kappa shape index (κ2) is 4.31. The first-order chi connectivity index (χ1) is 7.20. The molecule has 0 radical (unpaired) electrons. The lowest BCUT2D eigenvalue weighted by Gasteiger charge is -2.37. The average molecular weight is 207 g/mol. The zero-order valence-electron chi connectivity index (χ0n) is 9.39. The fraction of sp³-hybridized carbons (Fsp3) is 0.538. The van der Waals surface area contributed by atoms with Crippen molar-refractivity contribution in [2.75, 3.05) is 13.6 Å². The van der Waals surface area contributed by atoms with Crippen molar-refractivity contribution in [2.24, 2.45) is 5.92 Å². The molecule has 1 saturated carbocycles. The van der Waals surface area contributed by atoms with Gasteiger partial charge in [-0.05, 0) is 68.5 Å². The molecule has 0 spiro atoms. The highest BCUT2D eigenvalue weighted by Crippen LogP contribution is 2.42. The van der Waals surface area contributed by atoms with Crippen LogP contribution in [0.5, 0.6) is 0 Å². The number of hydrogen-bond acceptors (Lipinski definition) is 1. The SMILES string of the molecule is CNCC1CCC1c1cc(C)cc(F)c1. The van der Waals surface area contributed by atoms with Crippen LogP contribution in [0.1, 0.15) is 29.9 Å². The van der Waals surface area contributed by atoms with Gasteiger partial charge in [0.05, 0.1) is 0 Å². The molecule has 1 aromatic carbocycles. The summed E-state index contributed by atoms with van der Waals surface area (Å²) in [5, 5.41) is 3.20. The van der Waals surface area contributed by atoms with E-state index in [9.17, 15) is 4.39 Å². The minimum atomic E-state index is -0.0971. The van der Waals surface area contributed by atoms with Crippen molar-refractivity contribution in [3.8, 4) is 0 Å². The minimum absolute atomic E-state index is 0.0971. The van der Waals surface area contributed by atoms with Gasteiger partial charge in [0.15, 0.2) is 0 Å². The average Bonchev–Trinajstić information content (AvgIpc) is 2.10. The fourth-order valence-corrected chi connectivity index (χ4v) is 2.49. The van der Waals surface area contributed by atoms with E-state index in [1.165, 1.54) is 18.4 Å². The molecule has 1 N–H and O–H groups in total. The van der Waals surface area contributed by atoms with Crippen molar-refractivity contribution in [2.45, 2.75) is 25.7 Å². The molecule has 1 aliphatic rings. The molecule has 1 nitrogen and oxygen atoms in total. The van der Waals surface area contributed by atoms with Gasteiger partial charge in [-0.2, -0.15) is 0 Å². The lowest BCUT2D eigenvalue weighted by Crippen LogP contribution is -2.32. The van der Waals surface area contributed by atoms with Gasteiger partial charge in [-0.15, -0.1) is 0 Å². The van der Waals surface area contributed by atoms with Crippen molar-refractivity contribution in [3.05, 3.63) is 35.1 Å². The molecule has 15 heavy (non-hydrogen) atoms. The van der Waals surface area contributed by atoms with Gasteiger partial charge in [0.2, 0.25) is 0 Å². The first-order valence-corrected chi connectivity index (χ1v) is 5.62. The molecule has 2 atom stereocenters. The Kier molecular flexibility index (Phi) is 3.06. The molecule has 0 heterocycles. The minimum Gasteiger partial charge on any atom is -0.319 e. The lowest BCUT2D eigenvalue weighted by molar-refractivity contribution is 0.250. The Bertz CT molecular complexity index is 328. The monoisotopic (exact) mass is 207 g/mol. The van der Waals surface area contributed by atoms with Gasteiger partial charge in [0, 0.05) is 0 Å². The quantitative estimate of drug-likeness (QED) is 0.803. The van der Waals surface area contributed by atoms with E-state index in [1.807, 2.05) is 14.0 Å². The van der Waals surface area contributed by atoms with Crippen LogP contribution in [0.25, 0.3) is 0 Å². The van der Waals surface area contributed by atoms with Gasteiger partial charge in [-0.1, -0.05) is 6.07 Å². The van der Waals surface area contributed by atoms with Crippen LogP contribution in [0, 0.1) is 18.7 Å². The summed E-state index contributed by atoms with van der Waals surface area (Å²) in [6.07, 6.45) is 2.47. The van der Waals surface area contributed by atoms with Crippen LogP contribution in [0.2, 0.25) is 0 Å². The molecule has 0 saturated heterocycles. The van der Waals surface area contributed by atoms with E-state index in [0.717, 1.165) is 12.1 Å². The van der Waals surface area contributed by atoms with Gasteiger partial charge >= 0.3 is 0 Å². The summed E-state index contributed by atoms with van der Waals surface area (Å²) in [4.78, 5) is 0. The van der Waals surface area contributed by atoms with E-state index in [1.54, 1.807) is 12.1 Å². The Balaban J connectivity index is 2.15. The molecule has 2 unspecified atom stereocenters. The van der Waals surface area contributed by atoms with Crippen molar-refractivity contribution < 1.29 is 4.39 Å². The highest BCUT2D eigenvalue weighted by molar-refractivity contribution is 5.28. The molecule has 1 aliphatic carbocycles. The number of rotatable bonds is 3. The zero-order valence-corrected chi connectivity index (χ0v) is 9.39. The van der Waals surface area contributed by atoms with E-state index in [2.05, 4.69) is 11.4 Å². The molecule has 0 bridgehead atoms. The normalized spacial score (nSPS) is 25.0. The van der Waals surface area contributed by atoms with Crippen LogP contribution in [0.15, 0.2) is 18.2 Å². The summed E-state index contributed by atoms with van der Waals surface area (Å²) < 4.78 is 13.2. The number of hydrogen-bond donors (Lipinski definition) is 1. The first kappa shape index (κ1) is 10.6. The van der Waals surface area contributed by atoms with Gasteiger partial charge in [-0.25, -0.2) is 4.39 Å². The van der Waals surface area contributed by atoms with E-state index in [4.69, 9.17) is 0 Å². The molecule has 2 heteroatoms. The van der Waals surface area contributed by atoms with Crippen LogP contribution < -0.4 is 5.32 Å².